The molecule has 0 saturated heterocycles. The Morgan fingerprint density at radius 1 is 1.35 bits per heavy atom. The third-order valence-electron chi connectivity index (χ3n) is 3.58. The molecule has 1 N–H and O–H groups in total. The van der Waals surface area contributed by atoms with Gasteiger partial charge >= 0.3 is 0 Å². The molecule has 0 aliphatic heterocycles. The van der Waals surface area contributed by atoms with Gasteiger partial charge in [0.1, 0.15) is 0 Å². The van der Waals surface area contributed by atoms with E-state index in [0.29, 0.717) is 6.04 Å². The van der Waals surface area contributed by atoms with Gasteiger partial charge in [0.25, 0.3) is 0 Å². The molecular weight excluding hydrogens is 316 g/mol. The Morgan fingerprint density at radius 3 is 2.70 bits per heavy atom. The minimum Gasteiger partial charge on any atom is -0.383 e. The smallest absolute Gasteiger partial charge is 0.0637 e. The van der Waals surface area contributed by atoms with Crippen LogP contribution in [0.4, 0.5) is 5.69 Å². The molecule has 114 valence electrons. The van der Waals surface area contributed by atoms with Crippen LogP contribution < -0.4 is 10.2 Å². The van der Waals surface area contributed by atoms with E-state index in [2.05, 4.69) is 65.1 Å². The van der Waals surface area contributed by atoms with Crippen molar-refractivity contribution in [2.45, 2.75) is 39.8 Å². The van der Waals surface area contributed by atoms with Gasteiger partial charge in [-0.3, -0.25) is 0 Å². The molecule has 0 fully saturated rings. The maximum absolute atomic E-state index is 5.27. The van der Waals surface area contributed by atoms with Gasteiger partial charge in [-0.2, -0.15) is 0 Å². The summed E-state index contributed by atoms with van der Waals surface area (Å²) in [4.78, 5) is 2.45. The minimum absolute atomic E-state index is 0.500. The number of halogens is 1. The first-order valence-corrected chi connectivity index (χ1v) is 8.18. The van der Waals surface area contributed by atoms with E-state index in [1.165, 1.54) is 11.3 Å². The molecule has 0 amide bonds. The molecule has 1 aromatic carbocycles. The minimum atomic E-state index is 0.500. The number of nitrogens with zero attached hydrogens (tertiary/aromatic N) is 1. The van der Waals surface area contributed by atoms with E-state index in [4.69, 9.17) is 4.74 Å². The Morgan fingerprint density at radius 2 is 2.10 bits per heavy atom. The molecule has 0 saturated carbocycles. The van der Waals surface area contributed by atoms with Crippen LogP contribution in [0.5, 0.6) is 0 Å². The number of nitrogens with one attached hydrogen (secondary N) is 1. The molecule has 3 nitrogen and oxygen atoms in total. The normalized spacial score (nSPS) is 12.4. The zero-order chi connectivity index (χ0) is 15.0. The summed E-state index contributed by atoms with van der Waals surface area (Å²) in [6, 6.07) is 7.03. The lowest BCUT2D eigenvalue weighted by Crippen LogP contribution is -2.36. The van der Waals surface area contributed by atoms with E-state index in [1.807, 2.05) is 0 Å². The van der Waals surface area contributed by atoms with Gasteiger partial charge in [0.05, 0.1) is 6.61 Å². The van der Waals surface area contributed by atoms with E-state index in [0.717, 1.165) is 37.1 Å². The summed E-state index contributed by atoms with van der Waals surface area (Å²) in [5, 5.41) is 3.42. The van der Waals surface area contributed by atoms with E-state index < -0.39 is 0 Å². The van der Waals surface area contributed by atoms with Crippen molar-refractivity contribution >= 4 is 21.6 Å². The van der Waals surface area contributed by atoms with Crippen molar-refractivity contribution < 1.29 is 4.74 Å². The molecule has 1 rings (SSSR count). The molecular formula is C16H27BrN2O. The number of ether oxygens (including phenoxy) is 1. The maximum Gasteiger partial charge on any atom is 0.0637 e. The Kier molecular flexibility index (Phi) is 8.19. The molecule has 1 atom stereocenters. The van der Waals surface area contributed by atoms with Gasteiger partial charge in [0, 0.05) is 36.4 Å². The molecule has 4 heteroatoms. The summed E-state index contributed by atoms with van der Waals surface area (Å²) in [7, 11) is 1.76. The Bertz CT molecular complexity index is 398. The fraction of sp³-hybridized carbons (Fsp3) is 0.625. The summed E-state index contributed by atoms with van der Waals surface area (Å²) >= 11 is 3.59. The third-order valence-corrected chi connectivity index (χ3v) is 4.07. The quantitative estimate of drug-likeness (QED) is 0.738. The lowest BCUT2D eigenvalue weighted by atomic mass is 10.1. The van der Waals surface area contributed by atoms with Gasteiger partial charge in [0.15, 0.2) is 0 Å². The van der Waals surface area contributed by atoms with Crippen LogP contribution in [0.1, 0.15) is 32.8 Å². The van der Waals surface area contributed by atoms with E-state index in [-0.39, 0.29) is 0 Å². The van der Waals surface area contributed by atoms with Gasteiger partial charge in [-0.15, -0.1) is 0 Å². The van der Waals surface area contributed by atoms with E-state index >= 15 is 0 Å². The second-order valence-electron chi connectivity index (χ2n) is 5.00. The second kappa shape index (κ2) is 9.37. The number of methoxy groups -OCH3 is 1. The predicted octanol–water partition coefficient (Wildman–Crippen LogP) is 3.81. The molecule has 1 aromatic rings. The van der Waals surface area contributed by atoms with Gasteiger partial charge in [-0.1, -0.05) is 35.8 Å². The van der Waals surface area contributed by atoms with Crippen molar-refractivity contribution in [3.63, 3.8) is 0 Å². The van der Waals surface area contributed by atoms with Crippen molar-refractivity contribution in [3.8, 4) is 0 Å². The van der Waals surface area contributed by atoms with Gasteiger partial charge in [-0.05, 0) is 37.6 Å². The van der Waals surface area contributed by atoms with Crippen LogP contribution in [0, 0.1) is 0 Å². The predicted molar refractivity (Wildman–Crippen MR) is 90.5 cm³/mol. The van der Waals surface area contributed by atoms with Crippen LogP contribution in [-0.4, -0.2) is 32.8 Å². The summed E-state index contributed by atoms with van der Waals surface area (Å²) in [5.41, 5.74) is 2.64. The summed E-state index contributed by atoms with van der Waals surface area (Å²) < 4.78 is 6.39. The van der Waals surface area contributed by atoms with Crippen LogP contribution >= 0.6 is 15.9 Å². The number of benzene rings is 1. The molecule has 0 radical (unpaired) electrons. The van der Waals surface area contributed by atoms with E-state index in [1.54, 1.807) is 7.11 Å². The highest BCUT2D eigenvalue weighted by molar-refractivity contribution is 9.10. The molecule has 0 aliphatic rings. The first-order chi connectivity index (χ1) is 9.63. The van der Waals surface area contributed by atoms with Gasteiger partial charge in [-0.25, -0.2) is 0 Å². The second-order valence-corrected chi connectivity index (χ2v) is 5.91. The molecule has 0 heterocycles. The SMILES string of the molecule is CCNCc1ccc(Br)cc1N(CCOC)C(C)CC. The molecule has 1 unspecified atom stereocenters. The molecule has 0 bridgehead atoms. The fourth-order valence-electron chi connectivity index (χ4n) is 2.20. The third kappa shape index (κ3) is 5.08. The first-order valence-electron chi connectivity index (χ1n) is 7.38. The molecule has 20 heavy (non-hydrogen) atoms. The molecule has 0 aromatic heterocycles. The van der Waals surface area contributed by atoms with Crippen molar-refractivity contribution in [2.75, 3.05) is 31.7 Å². The van der Waals surface area contributed by atoms with Crippen molar-refractivity contribution in [1.82, 2.24) is 5.32 Å². The maximum atomic E-state index is 5.27. The Balaban J connectivity index is 3.04. The highest BCUT2D eigenvalue weighted by Crippen LogP contribution is 2.27. The first kappa shape index (κ1) is 17.5. The molecule has 0 aliphatic carbocycles. The monoisotopic (exact) mass is 342 g/mol. The number of anilines is 1. The van der Waals surface area contributed by atoms with Crippen LogP contribution in [0.15, 0.2) is 22.7 Å². The molecule has 0 spiro atoms. The van der Waals surface area contributed by atoms with Gasteiger partial charge < -0.3 is 15.0 Å². The summed E-state index contributed by atoms with van der Waals surface area (Å²) in [6.45, 7) is 10.2. The zero-order valence-electron chi connectivity index (χ0n) is 13.1. The largest absolute Gasteiger partial charge is 0.383 e. The van der Waals surface area contributed by atoms with Crippen LogP contribution in [0.25, 0.3) is 0 Å². The van der Waals surface area contributed by atoms with Crippen LogP contribution in [0.2, 0.25) is 0 Å². The highest BCUT2D eigenvalue weighted by Gasteiger charge is 2.16. The topological polar surface area (TPSA) is 24.5 Å². The van der Waals surface area contributed by atoms with Gasteiger partial charge in [0.2, 0.25) is 0 Å². The van der Waals surface area contributed by atoms with Crippen LogP contribution in [-0.2, 0) is 11.3 Å². The van der Waals surface area contributed by atoms with E-state index in [9.17, 15) is 0 Å². The Labute approximate surface area is 131 Å². The highest BCUT2D eigenvalue weighted by atomic mass is 79.9. The Hall–Kier alpha value is -0.580. The lowest BCUT2D eigenvalue weighted by molar-refractivity contribution is 0.203. The average molecular weight is 343 g/mol. The zero-order valence-corrected chi connectivity index (χ0v) is 14.7. The van der Waals surface area contributed by atoms with Crippen molar-refractivity contribution in [3.05, 3.63) is 28.2 Å². The summed E-state index contributed by atoms with van der Waals surface area (Å²) in [6.07, 6.45) is 1.12. The van der Waals surface area contributed by atoms with Crippen molar-refractivity contribution in [1.29, 1.82) is 0 Å². The number of hydrogen-bond acceptors (Lipinski definition) is 3. The fourth-order valence-corrected chi connectivity index (χ4v) is 2.55. The van der Waals surface area contributed by atoms with Crippen LogP contribution in [0.3, 0.4) is 0 Å². The lowest BCUT2D eigenvalue weighted by Gasteiger charge is -2.32. The summed E-state index contributed by atoms with van der Waals surface area (Å²) in [5.74, 6) is 0. The number of rotatable bonds is 9. The number of hydrogen-bond donors (Lipinski definition) is 1. The van der Waals surface area contributed by atoms with Crippen molar-refractivity contribution in [2.24, 2.45) is 0 Å². The average Bonchev–Trinajstić information content (AvgIpc) is 2.46. The standard InChI is InChI=1S/C16H27BrN2O/c1-5-13(3)19(9-10-20-4)16-11-15(17)8-7-14(16)12-18-6-2/h7-8,11,13,18H,5-6,9-10,12H2,1-4H3.